The Labute approximate surface area is 184 Å². The molecule has 9 heteroatoms. The van der Waals surface area contributed by atoms with Gasteiger partial charge >= 0.3 is 11.6 Å². The molecule has 0 fully saturated rings. The summed E-state index contributed by atoms with van der Waals surface area (Å²) in [5.74, 6) is -0.350. The molecule has 0 aliphatic carbocycles. The zero-order valence-corrected chi connectivity index (χ0v) is 19.1. The average Bonchev–Trinajstić information content (AvgIpc) is 2.68. The zero-order valence-electron chi connectivity index (χ0n) is 18.3. The number of hydrogen-bond donors (Lipinski definition) is 2. The second-order valence-electron chi connectivity index (χ2n) is 8.20. The van der Waals surface area contributed by atoms with Crippen LogP contribution in [-0.4, -0.2) is 47.7 Å². The lowest BCUT2D eigenvalue weighted by atomic mass is 9.91. The highest BCUT2D eigenvalue weighted by molar-refractivity contribution is 7.98. The number of methoxy groups -OCH3 is 1. The van der Waals surface area contributed by atoms with Crippen molar-refractivity contribution >= 4 is 34.6 Å². The third-order valence-corrected chi connectivity index (χ3v) is 6.13. The summed E-state index contributed by atoms with van der Waals surface area (Å²) >= 11 is 1.31. The van der Waals surface area contributed by atoms with E-state index in [2.05, 4.69) is 5.32 Å². The van der Waals surface area contributed by atoms with E-state index in [0.717, 1.165) is 12.0 Å². The molecule has 2 aromatic rings. The van der Waals surface area contributed by atoms with Crippen molar-refractivity contribution in [1.82, 2.24) is 5.32 Å². The number of aliphatic carboxylic acids is 1. The largest absolute Gasteiger partial charge is 0.496 e. The third-order valence-electron chi connectivity index (χ3n) is 5.46. The number of fused-ring (bicyclic) bond motifs is 3. The maximum absolute atomic E-state index is 12.8. The van der Waals surface area contributed by atoms with Gasteiger partial charge in [0, 0.05) is 17.4 Å². The summed E-state index contributed by atoms with van der Waals surface area (Å²) < 4.78 is 17.3. The van der Waals surface area contributed by atoms with Gasteiger partial charge in [0.25, 0.3) is 0 Å². The number of ether oxygens (including phenoxy) is 2. The summed E-state index contributed by atoms with van der Waals surface area (Å²) in [6, 6.07) is 0.756. The second kappa shape index (κ2) is 8.82. The Hall–Kier alpha value is -2.68. The van der Waals surface area contributed by atoms with Crippen LogP contribution in [0.1, 0.15) is 37.0 Å². The van der Waals surface area contributed by atoms with Gasteiger partial charge in [-0.1, -0.05) is 0 Å². The van der Waals surface area contributed by atoms with Crippen molar-refractivity contribution in [2.75, 3.05) is 19.1 Å². The van der Waals surface area contributed by atoms with Crippen LogP contribution < -0.4 is 20.4 Å². The molecule has 0 saturated carbocycles. The molecule has 1 aliphatic rings. The molecule has 1 atom stereocenters. The molecule has 2 N–H and O–H groups in total. The van der Waals surface area contributed by atoms with E-state index in [1.807, 2.05) is 13.8 Å². The smallest absolute Gasteiger partial charge is 0.340 e. The maximum atomic E-state index is 12.8. The van der Waals surface area contributed by atoms with Gasteiger partial charge in [-0.15, -0.1) is 0 Å². The number of hydrogen-bond acceptors (Lipinski definition) is 7. The van der Waals surface area contributed by atoms with Crippen molar-refractivity contribution in [2.24, 2.45) is 0 Å². The first kappa shape index (κ1) is 23.0. The van der Waals surface area contributed by atoms with Gasteiger partial charge in [-0.2, -0.15) is 11.8 Å². The van der Waals surface area contributed by atoms with Gasteiger partial charge in [0.1, 0.15) is 28.7 Å². The van der Waals surface area contributed by atoms with E-state index in [1.54, 1.807) is 19.2 Å². The number of carbonyl (C=O) groups excluding carboxylic acids is 1. The summed E-state index contributed by atoms with van der Waals surface area (Å²) in [6.45, 7) is 5.73. The van der Waals surface area contributed by atoms with Gasteiger partial charge in [-0.3, -0.25) is 4.79 Å². The Morgan fingerprint density at radius 1 is 1.39 bits per heavy atom. The highest BCUT2D eigenvalue weighted by Gasteiger charge is 2.31. The fraction of sp³-hybridized carbons (Fsp3) is 0.500. The molecule has 3 rings (SSSR count). The molecular formula is C22H27NO7S. The lowest BCUT2D eigenvalue weighted by Gasteiger charge is -2.33. The van der Waals surface area contributed by atoms with Gasteiger partial charge in [-0.25, -0.2) is 9.59 Å². The Morgan fingerprint density at radius 2 is 2.10 bits per heavy atom. The summed E-state index contributed by atoms with van der Waals surface area (Å²) in [5, 5.41) is 12.3. The average molecular weight is 450 g/mol. The van der Waals surface area contributed by atoms with Gasteiger partial charge in [-0.05, 0) is 45.4 Å². The van der Waals surface area contributed by atoms with Crippen LogP contribution in [-0.2, 0) is 22.4 Å². The summed E-state index contributed by atoms with van der Waals surface area (Å²) in [4.78, 5) is 36.6. The van der Waals surface area contributed by atoms with Crippen LogP contribution in [0.4, 0.5) is 0 Å². The van der Waals surface area contributed by atoms with Gasteiger partial charge in [0.2, 0.25) is 5.91 Å². The van der Waals surface area contributed by atoms with Crippen LogP contribution >= 0.6 is 11.8 Å². The Kier molecular flexibility index (Phi) is 6.54. The molecule has 1 aromatic heterocycles. The van der Waals surface area contributed by atoms with E-state index >= 15 is 0 Å². The molecule has 2 heterocycles. The van der Waals surface area contributed by atoms with Crippen molar-refractivity contribution in [2.45, 2.75) is 51.7 Å². The van der Waals surface area contributed by atoms with Crippen LogP contribution in [0.5, 0.6) is 11.5 Å². The molecule has 0 radical (unpaired) electrons. The number of carboxylic acids is 1. The normalized spacial score (nSPS) is 15.6. The highest BCUT2D eigenvalue weighted by Crippen LogP contribution is 2.43. The van der Waals surface area contributed by atoms with Crippen LogP contribution in [0.2, 0.25) is 0 Å². The number of thioether (sulfide) groups is 1. The molecule has 1 aromatic carbocycles. The molecule has 0 saturated heterocycles. The third kappa shape index (κ3) is 4.66. The molecule has 168 valence electrons. The Morgan fingerprint density at radius 3 is 2.71 bits per heavy atom. The lowest BCUT2D eigenvalue weighted by Crippen LogP contribution is -2.43. The molecule has 0 bridgehead atoms. The molecule has 0 unspecified atom stereocenters. The second-order valence-corrected chi connectivity index (χ2v) is 9.12. The van der Waals surface area contributed by atoms with Gasteiger partial charge in [0.15, 0.2) is 0 Å². The standard InChI is InChI=1S/C22H27NO7S/c1-11-13(8-17(24)23-14(10-31-5)20(25)26)21(27)29-19-12-6-7-22(2,3)30-15(12)9-16(28-4)18(11)19/h9,14H,6-8,10H2,1-5H3,(H,23,24)(H,25,26)/t14-/m1/s1. The van der Waals surface area contributed by atoms with Gasteiger partial charge < -0.3 is 24.3 Å². The van der Waals surface area contributed by atoms with E-state index in [9.17, 15) is 19.5 Å². The Bertz CT molecular complexity index is 1090. The fourth-order valence-corrected chi connectivity index (χ4v) is 4.35. The summed E-state index contributed by atoms with van der Waals surface area (Å²) in [5.41, 5.74) is 0.990. The molecule has 1 aliphatic heterocycles. The van der Waals surface area contributed by atoms with E-state index in [0.29, 0.717) is 34.5 Å². The fourth-order valence-electron chi connectivity index (χ4n) is 3.79. The SMILES string of the molecule is COc1cc2c(c3oc(=O)c(CC(=O)N[C@H](CSC)C(=O)O)c(C)c13)CCC(C)(C)O2. The molecule has 31 heavy (non-hydrogen) atoms. The number of amides is 1. The Balaban J connectivity index is 2.04. The highest BCUT2D eigenvalue weighted by atomic mass is 32.2. The van der Waals surface area contributed by atoms with Crippen LogP contribution in [0.3, 0.4) is 0 Å². The van der Waals surface area contributed by atoms with Crippen molar-refractivity contribution in [3.8, 4) is 11.5 Å². The lowest BCUT2D eigenvalue weighted by molar-refractivity contribution is -0.141. The minimum atomic E-state index is -1.12. The number of nitrogens with one attached hydrogen (secondary N) is 1. The van der Waals surface area contributed by atoms with Crippen molar-refractivity contribution < 1.29 is 28.6 Å². The summed E-state index contributed by atoms with van der Waals surface area (Å²) in [7, 11) is 1.52. The number of aryl methyl sites for hydroxylation is 2. The summed E-state index contributed by atoms with van der Waals surface area (Å²) in [6.07, 6.45) is 2.91. The predicted octanol–water partition coefficient (Wildman–Crippen LogP) is 2.69. The minimum absolute atomic E-state index is 0.175. The first-order valence-corrected chi connectivity index (χ1v) is 11.3. The predicted molar refractivity (Wildman–Crippen MR) is 118 cm³/mol. The van der Waals surface area contributed by atoms with Crippen LogP contribution in [0.15, 0.2) is 15.3 Å². The van der Waals surface area contributed by atoms with E-state index < -0.39 is 23.5 Å². The van der Waals surface area contributed by atoms with Gasteiger partial charge in [0.05, 0.1) is 24.5 Å². The monoisotopic (exact) mass is 449 g/mol. The van der Waals surface area contributed by atoms with E-state index in [1.165, 1.54) is 18.9 Å². The number of carbonyl (C=O) groups is 2. The molecule has 8 nitrogen and oxygen atoms in total. The van der Waals surface area contributed by atoms with Crippen LogP contribution in [0, 0.1) is 6.92 Å². The first-order chi connectivity index (χ1) is 14.6. The number of rotatable bonds is 7. The van der Waals surface area contributed by atoms with Crippen molar-refractivity contribution in [3.05, 3.63) is 33.2 Å². The zero-order chi connectivity index (χ0) is 22.9. The molecular weight excluding hydrogens is 422 g/mol. The van der Waals surface area contributed by atoms with E-state index in [-0.39, 0.29) is 23.3 Å². The minimum Gasteiger partial charge on any atom is -0.496 e. The number of carboxylic acid groups (broad SMARTS) is 1. The van der Waals surface area contributed by atoms with Crippen LogP contribution in [0.25, 0.3) is 11.0 Å². The number of benzene rings is 1. The molecule has 0 spiro atoms. The first-order valence-electron chi connectivity index (χ1n) is 9.94. The quantitative estimate of drug-likeness (QED) is 0.620. The maximum Gasteiger partial charge on any atom is 0.340 e. The van der Waals surface area contributed by atoms with Crippen molar-refractivity contribution in [3.63, 3.8) is 0 Å². The molecule has 1 amide bonds. The van der Waals surface area contributed by atoms with Crippen molar-refractivity contribution in [1.29, 1.82) is 0 Å². The van der Waals surface area contributed by atoms with E-state index in [4.69, 9.17) is 13.9 Å². The topological polar surface area (TPSA) is 115 Å².